The van der Waals surface area contributed by atoms with Crippen molar-refractivity contribution < 1.29 is 9.47 Å². The van der Waals surface area contributed by atoms with Gasteiger partial charge in [-0.25, -0.2) is 0 Å². The van der Waals surface area contributed by atoms with Gasteiger partial charge in [0.05, 0.1) is 5.60 Å². The summed E-state index contributed by atoms with van der Waals surface area (Å²) >= 11 is 0. The van der Waals surface area contributed by atoms with Crippen LogP contribution < -0.4 is 5.32 Å². The van der Waals surface area contributed by atoms with Gasteiger partial charge < -0.3 is 14.8 Å². The van der Waals surface area contributed by atoms with Crippen LogP contribution in [0.2, 0.25) is 0 Å². The number of nitrogens with one attached hydrogen (secondary N) is 1. The molecule has 0 heterocycles. The fraction of sp³-hybridized carbons (Fsp3) is 1.00. The molecule has 1 aliphatic carbocycles. The Hall–Kier alpha value is -0.120. The molecule has 0 unspecified atom stereocenters. The highest BCUT2D eigenvalue weighted by molar-refractivity contribution is 4.90. The predicted molar refractivity (Wildman–Crippen MR) is 80.5 cm³/mol. The Balaban J connectivity index is 2.43. The highest BCUT2D eigenvalue weighted by Gasteiger charge is 2.36. The molecule has 0 atom stereocenters. The van der Waals surface area contributed by atoms with E-state index < -0.39 is 0 Å². The van der Waals surface area contributed by atoms with Crippen molar-refractivity contribution in [2.24, 2.45) is 11.8 Å². The molecule has 0 aliphatic heterocycles. The van der Waals surface area contributed by atoms with Crippen molar-refractivity contribution >= 4 is 0 Å². The van der Waals surface area contributed by atoms with Crippen LogP contribution in [0.15, 0.2) is 0 Å². The van der Waals surface area contributed by atoms with Crippen LogP contribution in [-0.2, 0) is 9.47 Å². The van der Waals surface area contributed by atoms with Crippen molar-refractivity contribution in [2.45, 2.75) is 58.5 Å². The Morgan fingerprint density at radius 3 is 2.42 bits per heavy atom. The topological polar surface area (TPSA) is 30.5 Å². The zero-order valence-electron chi connectivity index (χ0n) is 13.3. The SMILES string of the molecule is CCNCC1(OCCCOC)CCC(C(C)C)CC1. The molecule has 3 heteroatoms. The minimum absolute atomic E-state index is 0.0785. The normalized spacial score (nSPS) is 27.9. The van der Waals surface area contributed by atoms with Crippen LogP contribution >= 0.6 is 0 Å². The highest BCUT2D eigenvalue weighted by atomic mass is 16.5. The van der Waals surface area contributed by atoms with Gasteiger partial charge in [0, 0.05) is 26.9 Å². The Morgan fingerprint density at radius 2 is 1.89 bits per heavy atom. The summed E-state index contributed by atoms with van der Waals surface area (Å²) in [7, 11) is 1.75. The first-order valence-electron chi connectivity index (χ1n) is 7.97. The van der Waals surface area contributed by atoms with E-state index in [4.69, 9.17) is 9.47 Å². The average molecular weight is 271 g/mol. The highest BCUT2D eigenvalue weighted by Crippen LogP contribution is 2.37. The van der Waals surface area contributed by atoms with E-state index in [1.54, 1.807) is 7.11 Å². The van der Waals surface area contributed by atoms with Crippen molar-refractivity contribution in [2.75, 3.05) is 33.4 Å². The van der Waals surface area contributed by atoms with E-state index in [0.717, 1.165) is 44.6 Å². The third-order valence-corrected chi connectivity index (χ3v) is 4.48. The zero-order valence-corrected chi connectivity index (χ0v) is 13.3. The first-order valence-corrected chi connectivity index (χ1v) is 7.97. The molecule has 0 bridgehead atoms. The van der Waals surface area contributed by atoms with E-state index >= 15 is 0 Å². The van der Waals surface area contributed by atoms with Gasteiger partial charge in [0.25, 0.3) is 0 Å². The molecule has 1 saturated carbocycles. The maximum absolute atomic E-state index is 6.26. The summed E-state index contributed by atoms with van der Waals surface area (Å²) in [4.78, 5) is 0. The van der Waals surface area contributed by atoms with E-state index in [1.807, 2.05) is 0 Å². The molecule has 3 nitrogen and oxygen atoms in total. The van der Waals surface area contributed by atoms with Crippen LogP contribution in [0.25, 0.3) is 0 Å². The fourth-order valence-corrected chi connectivity index (χ4v) is 3.05. The Kier molecular flexibility index (Phi) is 7.96. The van der Waals surface area contributed by atoms with Crippen LogP contribution in [-0.4, -0.2) is 39.0 Å². The van der Waals surface area contributed by atoms with Gasteiger partial charge in [-0.3, -0.25) is 0 Å². The van der Waals surface area contributed by atoms with E-state index in [2.05, 4.69) is 26.1 Å². The fourth-order valence-electron chi connectivity index (χ4n) is 3.05. The van der Waals surface area contributed by atoms with E-state index in [1.165, 1.54) is 25.7 Å². The van der Waals surface area contributed by atoms with Crippen molar-refractivity contribution in [1.29, 1.82) is 0 Å². The van der Waals surface area contributed by atoms with Gasteiger partial charge in [0.1, 0.15) is 0 Å². The molecule has 1 fully saturated rings. The molecule has 0 aromatic carbocycles. The van der Waals surface area contributed by atoms with Gasteiger partial charge in [-0.1, -0.05) is 20.8 Å². The lowest BCUT2D eigenvalue weighted by molar-refractivity contribution is -0.0829. The van der Waals surface area contributed by atoms with Gasteiger partial charge in [0.2, 0.25) is 0 Å². The molecule has 0 amide bonds. The van der Waals surface area contributed by atoms with Gasteiger partial charge in [-0.05, 0) is 50.5 Å². The molecule has 0 spiro atoms. The molecular weight excluding hydrogens is 238 g/mol. The van der Waals surface area contributed by atoms with Gasteiger partial charge in [-0.15, -0.1) is 0 Å². The van der Waals surface area contributed by atoms with Gasteiger partial charge >= 0.3 is 0 Å². The maximum atomic E-state index is 6.26. The lowest BCUT2D eigenvalue weighted by atomic mass is 9.74. The quantitative estimate of drug-likeness (QED) is 0.653. The van der Waals surface area contributed by atoms with Crippen LogP contribution in [0.5, 0.6) is 0 Å². The second-order valence-corrected chi connectivity index (χ2v) is 6.24. The molecule has 1 aliphatic rings. The van der Waals surface area contributed by atoms with E-state index in [9.17, 15) is 0 Å². The van der Waals surface area contributed by atoms with Crippen LogP contribution in [0.3, 0.4) is 0 Å². The largest absolute Gasteiger partial charge is 0.385 e. The second-order valence-electron chi connectivity index (χ2n) is 6.24. The summed E-state index contributed by atoms with van der Waals surface area (Å²) in [6.07, 6.45) is 6.03. The molecule has 1 N–H and O–H groups in total. The Morgan fingerprint density at radius 1 is 1.21 bits per heavy atom. The molecular formula is C16H33NO2. The number of hydrogen-bond acceptors (Lipinski definition) is 3. The number of ether oxygens (including phenoxy) is 2. The zero-order chi connectivity index (χ0) is 14.1. The Labute approximate surface area is 119 Å². The van der Waals surface area contributed by atoms with Crippen molar-refractivity contribution in [3.8, 4) is 0 Å². The summed E-state index contributed by atoms with van der Waals surface area (Å²) in [6.45, 7) is 10.5. The molecule has 1 rings (SSSR count). The average Bonchev–Trinajstić information content (AvgIpc) is 2.42. The monoisotopic (exact) mass is 271 g/mol. The minimum Gasteiger partial charge on any atom is -0.385 e. The van der Waals surface area contributed by atoms with Gasteiger partial charge in [-0.2, -0.15) is 0 Å². The smallest absolute Gasteiger partial charge is 0.0806 e. The number of hydrogen-bond donors (Lipinski definition) is 1. The standard InChI is InChI=1S/C16H33NO2/c1-5-17-13-16(19-12-6-11-18-4)9-7-15(8-10-16)14(2)3/h14-15,17H,5-13H2,1-4H3. The van der Waals surface area contributed by atoms with Crippen molar-refractivity contribution in [3.05, 3.63) is 0 Å². The van der Waals surface area contributed by atoms with Crippen LogP contribution in [0.4, 0.5) is 0 Å². The molecule has 0 aromatic heterocycles. The lowest BCUT2D eigenvalue weighted by Crippen LogP contribution is -2.46. The minimum atomic E-state index is 0.0785. The summed E-state index contributed by atoms with van der Waals surface area (Å²) in [5.41, 5.74) is 0.0785. The van der Waals surface area contributed by atoms with E-state index in [0.29, 0.717) is 0 Å². The third kappa shape index (κ3) is 5.80. The molecule has 19 heavy (non-hydrogen) atoms. The third-order valence-electron chi connectivity index (χ3n) is 4.48. The van der Waals surface area contributed by atoms with Crippen LogP contribution in [0, 0.1) is 11.8 Å². The molecule has 0 radical (unpaired) electrons. The molecule has 0 saturated heterocycles. The number of likely N-dealkylation sites (N-methyl/N-ethyl adjacent to an activating group) is 1. The summed E-state index contributed by atoms with van der Waals surface area (Å²) in [5.74, 6) is 1.70. The molecule has 114 valence electrons. The lowest BCUT2D eigenvalue weighted by Gasteiger charge is -2.41. The summed E-state index contributed by atoms with van der Waals surface area (Å²) in [5, 5.41) is 3.49. The Bertz CT molecular complexity index is 223. The van der Waals surface area contributed by atoms with E-state index in [-0.39, 0.29) is 5.60 Å². The van der Waals surface area contributed by atoms with Crippen molar-refractivity contribution in [1.82, 2.24) is 5.32 Å². The summed E-state index contributed by atoms with van der Waals surface area (Å²) in [6, 6.07) is 0. The molecule has 0 aromatic rings. The first-order chi connectivity index (χ1) is 9.13. The maximum Gasteiger partial charge on any atom is 0.0806 e. The van der Waals surface area contributed by atoms with Crippen molar-refractivity contribution in [3.63, 3.8) is 0 Å². The predicted octanol–water partition coefficient (Wildman–Crippen LogP) is 3.23. The van der Waals surface area contributed by atoms with Crippen LogP contribution in [0.1, 0.15) is 52.9 Å². The number of methoxy groups -OCH3 is 1. The number of rotatable bonds is 9. The second kappa shape index (κ2) is 8.93. The first kappa shape index (κ1) is 16.9. The summed E-state index contributed by atoms with van der Waals surface area (Å²) < 4.78 is 11.4. The van der Waals surface area contributed by atoms with Gasteiger partial charge in [0.15, 0.2) is 0 Å².